The Labute approximate surface area is 210 Å². The molecule has 1 aromatic heterocycles. The van der Waals surface area contributed by atoms with Crippen LogP contribution in [0.2, 0.25) is 0 Å². The number of hydrogen-bond acceptors (Lipinski definition) is 2. The molecular weight excluding hydrogens is 439 g/mol. The topological polar surface area (TPSA) is 43.3 Å². The number of carbonyl (C=O) groups excluding carboxylic acids is 1. The molecule has 0 unspecified atom stereocenters. The predicted octanol–water partition coefficient (Wildman–Crippen LogP) is 6.91. The lowest BCUT2D eigenvalue weighted by atomic mass is 9.78. The van der Waals surface area contributed by atoms with Gasteiger partial charge in [0.15, 0.2) is 0 Å². The standard InChI is InChI=1S/C30H43FN2O2/c1-19-23(28(34)32-22-17-35-18-22)15-26(33(19)16-20-11-9-8-10-12-20)21-13-24(29(2,3)4)27(31)25(14-21)30(5,6)7/h13-15,20,22H,8-12,16-18H2,1-7H3,(H,32,34). The van der Waals surface area contributed by atoms with E-state index >= 15 is 4.39 Å². The van der Waals surface area contributed by atoms with Crippen LogP contribution in [0.4, 0.5) is 4.39 Å². The van der Waals surface area contributed by atoms with Gasteiger partial charge < -0.3 is 14.6 Å². The minimum absolute atomic E-state index is 0.0476. The Kier molecular flexibility index (Phi) is 7.21. The first-order valence-corrected chi connectivity index (χ1v) is 13.3. The molecule has 1 amide bonds. The van der Waals surface area contributed by atoms with Crippen LogP contribution >= 0.6 is 0 Å². The van der Waals surface area contributed by atoms with E-state index in [2.05, 4.69) is 58.4 Å². The second kappa shape index (κ2) is 9.72. The van der Waals surface area contributed by atoms with E-state index in [1.165, 1.54) is 32.1 Å². The highest BCUT2D eigenvalue weighted by atomic mass is 19.1. The zero-order chi connectivity index (χ0) is 25.5. The van der Waals surface area contributed by atoms with Crippen LogP contribution in [0, 0.1) is 18.7 Å². The number of carbonyl (C=O) groups is 1. The molecule has 1 saturated carbocycles. The summed E-state index contributed by atoms with van der Waals surface area (Å²) < 4.78 is 23.3. The highest BCUT2D eigenvalue weighted by Gasteiger charge is 2.30. The second-order valence-electron chi connectivity index (χ2n) is 12.7. The lowest BCUT2D eigenvalue weighted by Crippen LogP contribution is -2.48. The summed E-state index contributed by atoms with van der Waals surface area (Å²) >= 11 is 0. The largest absolute Gasteiger partial charge is 0.377 e. The van der Waals surface area contributed by atoms with Crippen LogP contribution in [0.1, 0.15) is 101 Å². The van der Waals surface area contributed by atoms with E-state index in [9.17, 15) is 4.79 Å². The van der Waals surface area contributed by atoms with Crippen molar-refractivity contribution in [3.63, 3.8) is 0 Å². The van der Waals surface area contributed by atoms with Crippen molar-refractivity contribution in [3.05, 3.63) is 46.4 Å². The number of aromatic nitrogens is 1. The van der Waals surface area contributed by atoms with E-state index in [4.69, 9.17) is 4.74 Å². The van der Waals surface area contributed by atoms with Crippen LogP contribution < -0.4 is 5.32 Å². The summed E-state index contributed by atoms with van der Waals surface area (Å²) in [6.07, 6.45) is 6.30. The number of nitrogens with one attached hydrogen (secondary N) is 1. The van der Waals surface area contributed by atoms with Crippen molar-refractivity contribution in [1.29, 1.82) is 0 Å². The molecule has 1 N–H and O–H groups in total. The average molecular weight is 483 g/mol. The number of amides is 1. The molecule has 192 valence electrons. The molecule has 4 rings (SSSR count). The van der Waals surface area contributed by atoms with Gasteiger partial charge in [0.1, 0.15) is 5.82 Å². The van der Waals surface area contributed by atoms with E-state index in [1.54, 1.807) is 0 Å². The van der Waals surface area contributed by atoms with E-state index in [0.29, 0.717) is 24.7 Å². The first-order valence-electron chi connectivity index (χ1n) is 13.3. The number of hydrogen-bond donors (Lipinski definition) is 1. The van der Waals surface area contributed by atoms with Crippen LogP contribution in [-0.4, -0.2) is 29.7 Å². The summed E-state index contributed by atoms with van der Waals surface area (Å²) in [4.78, 5) is 13.2. The lowest BCUT2D eigenvalue weighted by Gasteiger charge is -2.28. The fourth-order valence-electron chi connectivity index (χ4n) is 5.42. The van der Waals surface area contributed by atoms with Crippen molar-refractivity contribution < 1.29 is 13.9 Å². The Balaban J connectivity index is 1.85. The van der Waals surface area contributed by atoms with Crippen molar-refractivity contribution in [2.45, 2.75) is 104 Å². The highest BCUT2D eigenvalue weighted by molar-refractivity contribution is 5.97. The molecule has 2 fully saturated rings. The molecule has 35 heavy (non-hydrogen) atoms. The Hall–Kier alpha value is -2.14. The summed E-state index contributed by atoms with van der Waals surface area (Å²) in [6.45, 7) is 16.5. The van der Waals surface area contributed by atoms with Crippen LogP contribution in [0.3, 0.4) is 0 Å². The van der Waals surface area contributed by atoms with Crippen molar-refractivity contribution >= 4 is 5.91 Å². The molecule has 0 radical (unpaired) electrons. The zero-order valence-corrected chi connectivity index (χ0v) is 22.7. The van der Waals surface area contributed by atoms with Crippen LogP contribution in [0.25, 0.3) is 11.3 Å². The third-order valence-electron chi connectivity index (χ3n) is 7.73. The molecule has 0 bridgehead atoms. The molecule has 1 aromatic carbocycles. The number of ether oxygens (including phenoxy) is 1. The monoisotopic (exact) mass is 482 g/mol. The molecule has 1 saturated heterocycles. The van der Waals surface area contributed by atoms with Gasteiger partial charge in [-0.2, -0.15) is 0 Å². The van der Waals surface area contributed by atoms with Crippen molar-refractivity contribution in [3.8, 4) is 11.3 Å². The SMILES string of the molecule is Cc1c(C(=O)NC2COC2)cc(-c2cc(C(C)(C)C)c(F)c(C(C)(C)C)c2)n1CC1CCCCC1. The fraction of sp³-hybridized carbons (Fsp3) is 0.633. The average Bonchev–Trinajstić information content (AvgIpc) is 3.06. The summed E-state index contributed by atoms with van der Waals surface area (Å²) in [7, 11) is 0. The highest BCUT2D eigenvalue weighted by Crippen LogP contribution is 2.39. The van der Waals surface area contributed by atoms with Gasteiger partial charge in [-0.1, -0.05) is 60.8 Å². The maximum Gasteiger partial charge on any atom is 0.253 e. The fourth-order valence-corrected chi connectivity index (χ4v) is 5.42. The van der Waals surface area contributed by atoms with Gasteiger partial charge in [-0.25, -0.2) is 4.39 Å². The van der Waals surface area contributed by atoms with Gasteiger partial charge in [-0.15, -0.1) is 0 Å². The molecule has 2 aromatic rings. The summed E-state index contributed by atoms with van der Waals surface area (Å²) in [5.74, 6) is 0.446. The number of benzene rings is 1. The van der Waals surface area contributed by atoms with Crippen molar-refractivity contribution in [2.24, 2.45) is 5.92 Å². The smallest absolute Gasteiger partial charge is 0.253 e. The lowest BCUT2D eigenvalue weighted by molar-refractivity contribution is -0.00347. The molecule has 2 aliphatic rings. The van der Waals surface area contributed by atoms with Crippen LogP contribution in [-0.2, 0) is 22.1 Å². The van der Waals surface area contributed by atoms with Gasteiger partial charge >= 0.3 is 0 Å². The number of rotatable bonds is 5. The van der Waals surface area contributed by atoms with Gasteiger partial charge in [-0.05, 0) is 71.4 Å². The van der Waals surface area contributed by atoms with Gasteiger partial charge in [0.05, 0.1) is 24.8 Å². The minimum Gasteiger partial charge on any atom is -0.377 e. The van der Waals surface area contributed by atoms with Gasteiger partial charge in [0.25, 0.3) is 5.91 Å². The number of nitrogens with zero attached hydrogens (tertiary/aromatic N) is 1. The summed E-state index contributed by atoms with van der Waals surface area (Å²) in [5.41, 5.74) is 4.48. The van der Waals surface area contributed by atoms with Crippen LogP contribution in [0.5, 0.6) is 0 Å². The normalized spacial score (nSPS) is 17.9. The van der Waals surface area contributed by atoms with Crippen molar-refractivity contribution in [1.82, 2.24) is 9.88 Å². The first-order chi connectivity index (χ1) is 16.4. The molecule has 5 heteroatoms. The van der Waals surface area contributed by atoms with E-state index in [-0.39, 0.29) is 28.6 Å². The Morgan fingerprint density at radius 3 is 2.06 bits per heavy atom. The quantitative estimate of drug-likeness (QED) is 0.503. The Morgan fingerprint density at radius 2 is 1.57 bits per heavy atom. The molecule has 0 atom stereocenters. The third-order valence-corrected chi connectivity index (χ3v) is 7.73. The van der Waals surface area contributed by atoms with Gasteiger partial charge in [-0.3, -0.25) is 4.79 Å². The first kappa shape index (κ1) is 25.9. The second-order valence-corrected chi connectivity index (χ2v) is 12.7. The van der Waals surface area contributed by atoms with Crippen molar-refractivity contribution in [2.75, 3.05) is 13.2 Å². The predicted molar refractivity (Wildman–Crippen MR) is 141 cm³/mol. The summed E-state index contributed by atoms with van der Waals surface area (Å²) in [6, 6.07) is 6.13. The summed E-state index contributed by atoms with van der Waals surface area (Å²) in [5, 5.41) is 3.11. The molecule has 4 nitrogen and oxygen atoms in total. The molecule has 1 aliphatic heterocycles. The molecule has 2 heterocycles. The molecule has 0 spiro atoms. The number of halogens is 1. The van der Waals surface area contributed by atoms with E-state index in [0.717, 1.165) is 34.6 Å². The maximum atomic E-state index is 15.8. The maximum absolute atomic E-state index is 15.8. The minimum atomic E-state index is -0.333. The van der Waals surface area contributed by atoms with Crippen LogP contribution in [0.15, 0.2) is 18.2 Å². The van der Waals surface area contributed by atoms with E-state index < -0.39 is 0 Å². The zero-order valence-electron chi connectivity index (χ0n) is 22.7. The van der Waals surface area contributed by atoms with Gasteiger partial charge in [0.2, 0.25) is 0 Å². The van der Waals surface area contributed by atoms with E-state index in [1.807, 2.05) is 18.2 Å². The third kappa shape index (κ3) is 5.50. The van der Waals surface area contributed by atoms with Gasteiger partial charge in [0, 0.05) is 17.9 Å². The Bertz CT molecular complexity index is 1040. The Morgan fingerprint density at radius 1 is 1.00 bits per heavy atom. The molecular formula is C30H43FN2O2. The molecule has 1 aliphatic carbocycles.